The number of hydrazone groups is 1. The van der Waals surface area contributed by atoms with E-state index in [1.807, 2.05) is 55.5 Å². The van der Waals surface area contributed by atoms with Gasteiger partial charge in [0.05, 0.1) is 5.71 Å². The summed E-state index contributed by atoms with van der Waals surface area (Å²) in [6.07, 6.45) is -0.710. The number of hydrogen-bond donors (Lipinski definition) is 1. The predicted octanol–water partition coefficient (Wildman–Crippen LogP) is 2.69. The molecule has 0 bridgehead atoms. The van der Waals surface area contributed by atoms with Gasteiger partial charge in [-0.1, -0.05) is 30.3 Å². The second-order valence-electron chi connectivity index (χ2n) is 5.56. The molecule has 0 spiro atoms. The minimum Gasteiger partial charge on any atom is -0.486 e. The summed E-state index contributed by atoms with van der Waals surface area (Å²) >= 11 is 0. The molecule has 0 radical (unpaired) electrons. The zero-order valence-corrected chi connectivity index (χ0v) is 14.2. The zero-order chi connectivity index (χ0) is 17.6. The molecular formula is C19H20N2O4. The lowest BCUT2D eigenvalue weighted by atomic mass is 10.1. The third-order valence-corrected chi connectivity index (χ3v) is 3.87. The number of nitrogens with one attached hydrogen (secondary N) is 1. The lowest BCUT2D eigenvalue weighted by Gasteiger charge is -2.19. The highest BCUT2D eigenvalue weighted by molar-refractivity contribution is 6.00. The first-order valence-corrected chi connectivity index (χ1v) is 8.01. The number of amides is 1. The molecule has 0 aliphatic carbocycles. The fourth-order valence-electron chi connectivity index (χ4n) is 2.55. The van der Waals surface area contributed by atoms with Gasteiger partial charge < -0.3 is 14.2 Å². The Morgan fingerprint density at radius 3 is 2.56 bits per heavy atom. The minimum absolute atomic E-state index is 0.328. The average molecular weight is 340 g/mol. The van der Waals surface area contributed by atoms with E-state index in [-0.39, 0.29) is 5.91 Å². The maximum atomic E-state index is 12.4. The highest BCUT2D eigenvalue weighted by Crippen LogP contribution is 2.30. The van der Waals surface area contributed by atoms with Gasteiger partial charge >= 0.3 is 0 Å². The van der Waals surface area contributed by atoms with Crippen molar-refractivity contribution in [2.45, 2.75) is 13.0 Å². The van der Waals surface area contributed by atoms with E-state index in [4.69, 9.17) is 14.2 Å². The molecule has 1 atom stereocenters. The largest absolute Gasteiger partial charge is 0.486 e. The van der Waals surface area contributed by atoms with Crippen LogP contribution < -0.4 is 14.9 Å². The molecule has 6 nitrogen and oxygen atoms in total. The third kappa shape index (κ3) is 3.97. The van der Waals surface area contributed by atoms with Crippen molar-refractivity contribution in [1.29, 1.82) is 0 Å². The number of fused-ring (bicyclic) bond motifs is 1. The van der Waals surface area contributed by atoms with E-state index in [2.05, 4.69) is 10.5 Å². The summed E-state index contributed by atoms with van der Waals surface area (Å²) < 4.78 is 16.4. The van der Waals surface area contributed by atoms with Crippen LogP contribution in [0.1, 0.15) is 24.2 Å². The van der Waals surface area contributed by atoms with Crippen LogP contribution in [0.25, 0.3) is 0 Å². The maximum absolute atomic E-state index is 12.4. The summed E-state index contributed by atoms with van der Waals surface area (Å²) in [6.45, 7) is 2.89. The molecule has 25 heavy (non-hydrogen) atoms. The molecule has 130 valence electrons. The van der Waals surface area contributed by atoms with Crippen LogP contribution in [0.15, 0.2) is 53.6 Å². The van der Waals surface area contributed by atoms with E-state index < -0.39 is 6.10 Å². The molecule has 1 unspecified atom stereocenters. The van der Waals surface area contributed by atoms with Crippen molar-refractivity contribution in [3.8, 4) is 11.5 Å². The van der Waals surface area contributed by atoms with E-state index in [1.54, 1.807) is 0 Å². The third-order valence-electron chi connectivity index (χ3n) is 3.87. The van der Waals surface area contributed by atoms with Crippen molar-refractivity contribution < 1.29 is 19.0 Å². The topological polar surface area (TPSA) is 69.2 Å². The molecule has 1 heterocycles. The second-order valence-corrected chi connectivity index (χ2v) is 5.56. The molecule has 1 N–H and O–H groups in total. The average Bonchev–Trinajstić information content (AvgIpc) is 2.67. The molecule has 3 rings (SSSR count). The number of methoxy groups -OCH3 is 1. The number of carbonyl (C=O) groups is 1. The predicted molar refractivity (Wildman–Crippen MR) is 94.0 cm³/mol. The summed E-state index contributed by atoms with van der Waals surface area (Å²) in [4.78, 5) is 12.4. The Morgan fingerprint density at radius 2 is 1.84 bits per heavy atom. The molecule has 1 aliphatic rings. The van der Waals surface area contributed by atoms with E-state index in [1.165, 1.54) is 7.11 Å². The van der Waals surface area contributed by atoms with Crippen LogP contribution in [-0.4, -0.2) is 31.9 Å². The van der Waals surface area contributed by atoms with Crippen molar-refractivity contribution in [3.63, 3.8) is 0 Å². The normalized spacial score (nSPS) is 14.7. The summed E-state index contributed by atoms with van der Waals surface area (Å²) in [7, 11) is 1.49. The Kier molecular flexibility index (Phi) is 5.30. The van der Waals surface area contributed by atoms with Gasteiger partial charge in [0.2, 0.25) is 0 Å². The van der Waals surface area contributed by atoms with Gasteiger partial charge in [0.15, 0.2) is 17.6 Å². The van der Waals surface area contributed by atoms with Crippen LogP contribution in [0.2, 0.25) is 0 Å². The zero-order valence-electron chi connectivity index (χ0n) is 14.2. The van der Waals surface area contributed by atoms with Gasteiger partial charge in [-0.3, -0.25) is 4.79 Å². The molecule has 1 aliphatic heterocycles. The summed E-state index contributed by atoms with van der Waals surface area (Å²) in [5, 5.41) is 4.18. The quantitative estimate of drug-likeness (QED) is 0.671. The summed E-state index contributed by atoms with van der Waals surface area (Å²) in [6, 6.07) is 14.9. The van der Waals surface area contributed by atoms with Crippen LogP contribution >= 0.6 is 0 Å². The van der Waals surface area contributed by atoms with Gasteiger partial charge in [0.25, 0.3) is 5.91 Å². The number of nitrogens with zero attached hydrogens (tertiary/aromatic N) is 1. The first-order chi connectivity index (χ1) is 12.2. The molecule has 2 aromatic carbocycles. The Labute approximate surface area is 146 Å². The SMILES string of the molecule is COC(C(=O)N/N=C(\C)c1ccc2c(c1)OCCO2)c1ccccc1. The molecule has 0 fully saturated rings. The van der Waals surface area contributed by atoms with Crippen LogP contribution in [0.4, 0.5) is 0 Å². The lowest BCUT2D eigenvalue weighted by molar-refractivity contribution is -0.131. The number of ether oxygens (including phenoxy) is 3. The van der Waals surface area contributed by atoms with Crippen molar-refractivity contribution in [1.82, 2.24) is 5.43 Å². The van der Waals surface area contributed by atoms with Gasteiger partial charge in [0.1, 0.15) is 13.2 Å². The van der Waals surface area contributed by atoms with Crippen molar-refractivity contribution in [2.24, 2.45) is 5.10 Å². The first kappa shape index (κ1) is 17.0. The highest BCUT2D eigenvalue weighted by atomic mass is 16.6. The first-order valence-electron chi connectivity index (χ1n) is 8.01. The molecule has 0 aromatic heterocycles. The number of hydrogen-bond acceptors (Lipinski definition) is 5. The van der Waals surface area contributed by atoms with E-state index in [0.29, 0.717) is 24.7 Å². The Hall–Kier alpha value is -2.86. The van der Waals surface area contributed by atoms with Gasteiger partial charge in [-0.15, -0.1) is 0 Å². The van der Waals surface area contributed by atoms with Gasteiger partial charge in [-0.05, 0) is 30.7 Å². The monoisotopic (exact) mass is 340 g/mol. The Morgan fingerprint density at radius 1 is 1.12 bits per heavy atom. The van der Waals surface area contributed by atoms with Gasteiger partial charge in [-0.2, -0.15) is 5.10 Å². The molecule has 1 amide bonds. The van der Waals surface area contributed by atoms with Crippen molar-refractivity contribution in [2.75, 3.05) is 20.3 Å². The summed E-state index contributed by atoms with van der Waals surface area (Å²) in [5.41, 5.74) is 4.84. The minimum atomic E-state index is -0.710. The van der Waals surface area contributed by atoms with Crippen molar-refractivity contribution >= 4 is 11.6 Å². The highest BCUT2D eigenvalue weighted by Gasteiger charge is 2.19. The maximum Gasteiger partial charge on any atom is 0.273 e. The molecule has 2 aromatic rings. The fraction of sp³-hybridized carbons (Fsp3) is 0.263. The van der Waals surface area contributed by atoms with Crippen LogP contribution in [0.3, 0.4) is 0 Å². The smallest absolute Gasteiger partial charge is 0.273 e. The lowest BCUT2D eigenvalue weighted by Crippen LogP contribution is -2.27. The van der Waals surface area contributed by atoms with E-state index >= 15 is 0 Å². The van der Waals surface area contributed by atoms with Crippen LogP contribution in [-0.2, 0) is 9.53 Å². The van der Waals surface area contributed by atoms with Crippen LogP contribution in [0.5, 0.6) is 11.5 Å². The van der Waals surface area contributed by atoms with E-state index in [0.717, 1.165) is 16.9 Å². The number of carbonyl (C=O) groups excluding carboxylic acids is 1. The molecule has 0 saturated carbocycles. The standard InChI is InChI=1S/C19H20N2O4/c1-13(15-8-9-16-17(12-15)25-11-10-24-16)20-21-19(22)18(23-2)14-6-4-3-5-7-14/h3-9,12,18H,10-11H2,1-2H3,(H,21,22)/b20-13+. The molecule has 6 heteroatoms. The van der Waals surface area contributed by atoms with Crippen molar-refractivity contribution in [3.05, 3.63) is 59.7 Å². The number of benzene rings is 2. The molecular weight excluding hydrogens is 320 g/mol. The van der Waals surface area contributed by atoms with Crippen LogP contribution in [0, 0.1) is 0 Å². The Balaban J connectivity index is 1.71. The summed E-state index contributed by atoms with van der Waals surface area (Å²) in [5.74, 6) is 1.07. The van der Waals surface area contributed by atoms with Gasteiger partial charge in [-0.25, -0.2) is 5.43 Å². The number of rotatable bonds is 5. The second kappa shape index (κ2) is 7.81. The van der Waals surface area contributed by atoms with Gasteiger partial charge in [0, 0.05) is 12.7 Å². The molecule has 0 saturated heterocycles. The Bertz CT molecular complexity index is 774. The fourth-order valence-corrected chi connectivity index (χ4v) is 2.55. The van der Waals surface area contributed by atoms with E-state index in [9.17, 15) is 4.79 Å².